The van der Waals surface area contributed by atoms with Crippen LogP contribution < -0.4 is 0 Å². The molecule has 0 aliphatic rings. The molecule has 3 heteroatoms. The van der Waals surface area contributed by atoms with E-state index in [0.29, 0.717) is 6.54 Å². The molecule has 0 fully saturated rings. The van der Waals surface area contributed by atoms with Gasteiger partial charge in [0.1, 0.15) is 0 Å². The van der Waals surface area contributed by atoms with Gasteiger partial charge in [0.2, 0.25) is 0 Å². The van der Waals surface area contributed by atoms with Crippen LogP contribution in [0.4, 0.5) is 0 Å². The molecule has 1 aromatic heterocycles. The quantitative estimate of drug-likeness (QED) is 0.858. The van der Waals surface area contributed by atoms with Crippen molar-refractivity contribution in [3.05, 3.63) is 35.5 Å². The van der Waals surface area contributed by atoms with E-state index >= 15 is 0 Å². The van der Waals surface area contributed by atoms with Crippen LogP contribution in [0.15, 0.2) is 24.4 Å². The van der Waals surface area contributed by atoms with Crippen molar-refractivity contribution >= 4 is 16.9 Å². The summed E-state index contributed by atoms with van der Waals surface area (Å²) in [5.41, 5.74) is 3.54. The zero-order chi connectivity index (χ0) is 11.7. The van der Waals surface area contributed by atoms with E-state index in [1.165, 1.54) is 16.5 Å². The largest absolute Gasteiger partial charge is 0.481 e. The summed E-state index contributed by atoms with van der Waals surface area (Å²) in [4.78, 5) is 10.6. The average Bonchev–Trinajstić information content (AvgIpc) is 2.53. The number of hydrogen-bond acceptors (Lipinski definition) is 1. The maximum absolute atomic E-state index is 10.6. The normalized spacial score (nSPS) is 10.9. The number of aryl methyl sites for hydroxylation is 3. The summed E-state index contributed by atoms with van der Waals surface area (Å²) in [6, 6.07) is 6.25. The highest BCUT2D eigenvalue weighted by molar-refractivity contribution is 5.84. The highest BCUT2D eigenvalue weighted by Gasteiger charge is 2.06. The first-order chi connectivity index (χ1) is 7.58. The minimum atomic E-state index is -0.758. The first-order valence-corrected chi connectivity index (χ1v) is 5.36. The number of carbonyl (C=O) groups is 1. The molecule has 0 spiro atoms. The third-order valence-corrected chi connectivity index (χ3v) is 2.80. The molecule has 84 valence electrons. The van der Waals surface area contributed by atoms with Gasteiger partial charge in [0.25, 0.3) is 0 Å². The van der Waals surface area contributed by atoms with Crippen LogP contribution in [0.5, 0.6) is 0 Å². The predicted molar refractivity (Wildman–Crippen MR) is 63.7 cm³/mol. The minimum Gasteiger partial charge on any atom is -0.481 e. The van der Waals surface area contributed by atoms with Crippen molar-refractivity contribution in [1.29, 1.82) is 0 Å². The molecule has 0 amide bonds. The van der Waals surface area contributed by atoms with E-state index in [4.69, 9.17) is 5.11 Å². The van der Waals surface area contributed by atoms with E-state index in [0.717, 1.165) is 5.52 Å². The number of aromatic nitrogens is 1. The molecule has 16 heavy (non-hydrogen) atoms. The number of nitrogens with zero attached hydrogens (tertiary/aromatic N) is 1. The predicted octanol–water partition coefficient (Wildman–Crippen LogP) is 2.73. The van der Waals surface area contributed by atoms with Gasteiger partial charge in [-0.15, -0.1) is 0 Å². The van der Waals surface area contributed by atoms with E-state index in [1.54, 1.807) is 0 Å². The van der Waals surface area contributed by atoms with Crippen LogP contribution in [-0.4, -0.2) is 15.6 Å². The second-order valence-corrected chi connectivity index (χ2v) is 4.17. The molecule has 0 aliphatic carbocycles. The summed E-state index contributed by atoms with van der Waals surface area (Å²) < 4.78 is 2.01. The molecular formula is C13H15NO2. The second-order valence-electron chi connectivity index (χ2n) is 4.17. The first-order valence-electron chi connectivity index (χ1n) is 5.36. The van der Waals surface area contributed by atoms with Crippen LogP contribution in [0.25, 0.3) is 10.9 Å². The van der Waals surface area contributed by atoms with Crippen molar-refractivity contribution in [2.45, 2.75) is 26.8 Å². The van der Waals surface area contributed by atoms with Gasteiger partial charge in [-0.1, -0.05) is 11.6 Å². The van der Waals surface area contributed by atoms with Gasteiger partial charge < -0.3 is 9.67 Å². The number of aliphatic carboxylic acids is 1. The highest BCUT2D eigenvalue weighted by Crippen LogP contribution is 2.22. The Morgan fingerprint density at radius 1 is 1.38 bits per heavy atom. The summed E-state index contributed by atoms with van der Waals surface area (Å²) in [5.74, 6) is -0.758. The molecule has 0 aliphatic heterocycles. The summed E-state index contributed by atoms with van der Waals surface area (Å²) in [6.07, 6.45) is 2.18. The number of carboxylic acid groups (broad SMARTS) is 1. The van der Waals surface area contributed by atoms with Gasteiger partial charge in [0.15, 0.2) is 0 Å². The van der Waals surface area contributed by atoms with E-state index in [1.807, 2.05) is 10.8 Å². The molecule has 1 N–H and O–H groups in total. The molecule has 2 rings (SSSR count). The van der Waals surface area contributed by atoms with Crippen LogP contribution in [0.2, 0.25) is 0 Å². The number of rotatable bonds is 3. The Morgan fingerprint density at radius 2 is 2.12 bits per heavy atom. The van der Waals surface area contributed by atoms with Crippen molar-refractivity contribution in [2.75, 3.05) is 0 Å². The number of carboxylic acids is 1. The second kappa shape index (κ2) is 4.00. The average molecular weight is 217 g/mol. The van der Waals surface area contributed by atoms with Gasteiger partial charge in [-0.2, -0.15) is 0 Å². The van der Waals surface area contributed by atoms with Gasteiger partial charge in [-0.3, -0.25) is 4.79 Å². The summed E-state index contributed by atoms with van der Waals surface area (Å²) in [6.45, 7) is 4.65. The lowest BCUT2D eigenvalue weighted by molar-refractivity contribution is -0.137. The molecule has 0 atom stereocenters. The lowest BCUT2D eigenvalue weighted by atomic mass is 10.1. The van der Waals surface area contributed by atoms with Crippen LogP contribution in [-0.2, 0) is 11.3 Å². The van der Waals surface area contributed by atoms with Gasteiger partial charge >= 0.3 is 5.97 Å². The SMILES string of the molecule is Cc1ccc2c(c1)c(C)cn2CCC(=O)O. The van der Waals surface area contributed by atoms with Crippen LogP contribution in [0, 0.1) is 13.8 Å². The molecule has 2 aromatic rings. The maximum atomic E-state index is 10.6. The zero-order valence-electron chi connectivity index (χ0n) is 9.53. The van der Waals surface area contributed by atoms with Crippen LogP contribution in [0.1, 0.15) is 17.5 Å². The highest BCUT2D eigenvalue weighted by atomic mass is 16.4. The van der Waals surface area contributed by atoms with E-state index in [-0.39, 0.29) is 6.42 Å². The Labute approximate surface area is 94.3 Å². The van der Waals surface area contributed by atoms with Crippen molar-refractivity contribution in [1.82, 2.24) is 4.57 Å². The molecule has 0 radical (unpaired) electrons. The minimum absolute atomic E-state index is 0.164. The molecule has 3 nitrogen and oxygen atoms in total. The lowest BCUT2D eigenvalue weighted by Gasteiger charge is -2.02. The Balaban J connectivity index is 2.43. The molecule has 0 saturated heterocycles. The fraction of sp³-hybridized carbons (Fsp3) is 0.308. The smallest absolute Gasteiger partial charge is 0.305 e. The summed E-state index contributed by atoms with van der Waals surface area (Å²) in [5, 5.41) is 9.90. The molecular weight excluding hydrogens is 202 g/mol. The van der Waals surface area contributed by atoms with E-state index in [2.05, 4.69) is 32.0 Å². The third-order valence-electron chi connectivity index (χ3n) is 2.80. The molecule has 0 unspecified atom stereocenters. The van der Waals surface area contributed by atoms with Crippen molar-refractivity contribution in [3.8, 4) is 0 Å². The first kappa shape index (κ1) is 10.7. The van der Waals surface area contributed by atoms with Crippen LogP contribution in [0.3, 0.4) is 0 Å². The fourth-order valence-electron chi connectivity index (χ4n) is 1.99. The third kappa shape index (κ3) is 1.94. The van der Waals surface area contributed by atoms with Gasteiger partial charge in [-0.25, -0.2) is 0 Å². The van der Waals surface area contributed by atoms with Gasteiger partial charge in [0, 0.05) is 23.6 Å². The number of fused-ring (bicyclic) bond motifs is 1. The molecule has 0 saturated carbocycles. The fourth-order valence-corrected chi connectivity index (χ4v) is 1.99. The van der Waals surface area contributed by atoms with Gasteiger partial charge in [0.05, 0.1) is 6.42 Å². The Hall–Kier alpha value is -1.77. The Kier molecular flexibility index (Phi) is 2.69. The molecule has 1 heterocycles. The van der Waals surface area contributed by atoms with Crippen molar-refractivity contribution < 1.29 is 9.90 Å². The lowest BCUT2D eigenvalue weighted by Crippen LogP contribution is -2.03. The summed E-state index contributed by atoms with van der Waals surface area (Å²) >= 11 is 0. The maximum Gasteiger partial charge on any atom is 0.305 e. The van der Waals surface area contributed by atoms with Crippen LogP contribution >= 0.6 is 0 Å². The Bertz CT molecular complexity index is 540. The number of hydrogen-bond donors (Lipinski definition) is 1. The standard InChI is InChI=1S/C13H15NO2/c1-9-3-4-12-11(7-9)10(2)8-14(12)6-5-13(15)16/h3-4,7-8H,5-6H2,1-2H3,(H,15,16). The van der Waals surface area contributed by atoms with Crippen molar-refractivity contribution in [3.63, 3.8) is 0 Å². The molecule has 0 bridgehead atoms. The monoisotopic (exact) mass is 217 g/mol. The van der Waals surface area contributed by atoms with Gasteiger partial charge in [-0.05, 0) is 31.5 Å². The summed E-state index contributed by atoms with van der Waals surface area (Å²) in [7, 11) is 0. The zero-order valence-corrected chi connectivity index (χ0v) is 9.53. The van der Waals surface area contributed by atoms with Crippen molar-refractivity contribution in [2.24, 2.45) is 0 Å². The van der Waals surface area contributed by atoms with E-state index in [9.17, 15) is 4.79 Å². The number of benzene rings is 1. The topological polar surface area (TPSA) is 42.2 Å². The Morgan fingerprint density at radius 3 is 2.81 bits per heavy atom. The molecule has 1 aromatic carbocycles. The van der Waals surface area contributed by atoms with E-state index < -0.39 is 5.97 Å².